The van der Waals surface area contributed by atoms with Gasteiger partial charge in [-0.25, -0.2) is 9.97 Å². The van der Waals surface area contributed by atoms with Gasteiger partial charge in [-0.1, -0.05) is 30.7 Å². The lowest BCUT2D eigenvalue weighted by Gasteiger charge is -2.20. The van der Waals surface area contributed by atoms with Gasteiger partial charge in [0, 0.05) is 12.6 Å². The largest absolute Gasteiger partial charge is 0.421 e. The summed E-state index contributed by atoms with van der Waals surface area (Å²) in [5, 5.41) is 12.8. The second-order valence-electron chi connectivity index (χ2n) is 6.47. The maximum absolute atomic E-state index is 12.6. The van der Waals surface area contributed by atoms with Crippen molar-refractivity contribution in [2.24, 2.45) is 0 Å². The van der Waals surface area contributed by atoms with Crippen molar-refractivity contribution in [3.05, 3.63) is 57.6 Å². The third-order valence-corrected chi connectivity index (χ3v) is 4.87. The van der Waals surface area contributed by atoms with Crippen molar-refractivity contribution in [1.82, 2.24) is 25.1 Å². The summed E-state index contributed by atoms with van der Waals surface area (Å²) < 4.78 is 5.51. The van der Waals surface area contributed by atoms with Crippen molar-refractivity contribution in [3.63, 3.8) is 0 Å². The predicted molar refractivity (Wildman–Crippen MR) is 111 cm³/mol. The Balaban J connectivity index is 1.77. The Kier molecular flexibility index (Phi) is 4.89. The minimum absolute atomic E-state index is 0.208. The number of nitrogens with zero attached hydrogens (tertiary/aromatic N) is 4. The number of anilines is 2. The molecule has 0 aliphatic heterocycles. The second kappa shape index (κ2) is 7.51. The second-order valence-corrected chi connectivity index (χ2v) is 6.88. The van der Waals surface area contributed by atoms with E-state index in [-0.39, 0.29) is 23.3 Å². The van der Waals surface area contributed by atoms with Crippen molar-refractivity contribution in [3.8, 4) is 11.5 Å². The summed E-state index contributed by atoms with van der Waals surface area (Å²) in [4.78, 5) is 23.8. The zero-order valence-corrected chi connectivity index (χ0v) is 16.5. The Labute approximate surface area is 170 Å². The molecule has 0 saturated carbocycles. The number of aromatic amines is 1. The average molecular weight is 412 g/mol. The van der Waals surface area contributed by atoms with Gasteiger partial charge in [0.1, 0.15) is 23.5 Å². The van der Waals surface area contributed by atoms with Crippen molar-refractivity contribution in [2.75, 3.05) is 11.1 Å². The van der Waals surface area contributed by atoms with Gasteiger partial charge in [0.15, 0.2) is 0 Å². The number of hydrogen-bond acceptors (Lipinski definition) is 8. The summed E-state index contributed by atoms with van der Waals surface area (Å²) in [5.41, 5.74) is 6.90. The third kappa shape index (κ3) is 3.52. The molecule has 0 bridgehead atoms. The van der Waals surface area contributed by atoms with Crippen molar-refractivity contribution in [2.45, 2.75) is 26.3 Å². The molecule has 1 unspecified atom stereocenters. The lowest BCUT2D eigenvalue weighted by molar-refractivity contribution is 0.532. The zero-order chi connectivity index (χ0) is 20.5. The van der Waals surface area contributed by atoms with Crippen LogP contribution in [0.15, 0.2) is 39.8 Å². The summed E-state index contributed by atoms with van der Waals surface area (Å²) in [5.74, 6) is 1.26. The van der Waals surface area contributed by atoms with E-state index in [2.05, 4.69) is 30.5 Å². The molecule has 29 heavy (non-hydrogen) atoms. The monoisotopic (exact) mass is 411 g/mol. The van der Waals surface area contributed by atoms with E-state index in [1.165, 1.54) is 6.33 Å². The first kappa shape index (κ1) is 18.9. The highest BCUT2D eigenvalue weighted by Crippen LogP contribution is 2.32. The molecule has 0 aliphatic carbocycles. The van der Waals surface area contributed by atoms with Crippen LogP contribution in [-0.2, 0) is 0 Å². The molecule has 10 heteroatoms. The van der Waals surface area contributed by atoms with E-state index < -0.39 is 0 Å². The smallest absolute Gasteiger partial charge is 0.257 e. The highest BCUT2D eigenvalue weighted by Gasteiger charge is 2.21. The summed E-state index contributed by atoms with van der Waals surface area (Å²) in [6.07, 6.45) is 2.01. The quantitative estimate of drug-likeness (QED) is 0.454. The topological polar surface area (TPSA) is 136 Å². The van der Waals surface area contributed by atoms with Gasteiger partial charge in [-0.2, -0.15) is 0 Å². The molecule has 148 valence electrons. The maximum Gasteiger partial charge on any atom is 0.257 e. The number of aromatic nitrogens is 5. The van der Waals surface area contributed by atoms with Crippen LogP contribution in [-0.4, -0.2) is 25.1 Å². The van der Waals surface area contributed by atoms with Gasteiger partial charge in [0.25, 0.3) is 11.4 Å². The Morgan fingerprint density at radius 2 is 2.14 bits per heavy atom. The molecule has 4 N–H and O–H groups in total. The van der Waals surface area contributed by atoms with E-state index in [0.29, 0.717) is 39.8 Å². The molecule has 0 aliphatic rings. The molecule has 0 spiro atoms. The Morgan fingerprint density at radius 1 is 1.31 bits per heavy atom. The summed E-state index contributed by atoms with van der Waals surface area (Å²) >= 11 is 6.18. The molecule has 4 aromatic rings. The normalized spacial score (nSPS) is 12.2. The van der Waals surface area contributed by atoms with Gasteiger partial charge in [-0.3, -0.25) is 4.79 Å². The number of nitrogens with one attached hydrogen (secondary N) is 2. The van der Waals surface area contributed by atoms with Crippen molar-refractivity contribution >= 4 is 34.0 Å². The van der Waals surface area contributed by atoms with Crippen LogP contribution in [0.3, 0.4) is 0 Å². The van der Waals surface area contributed by atoms with Crippen molar-refractivity contribution in [1.29, 1.82) is 0 Å². The first-order valence-corrected chi connectivity index (χ1v) is 9.34. The highest BCUT2D eigenvalue weighted by atomic mass is 35.5. The molecule has 0 amide bonds. The molecule has 4 rings (SSSR count). The van der Waals surface area contributed by atoms with Crippen LogP contribution in [0.25, 0.3) is 22.2 Å². The fraction of sp³-hybridized carbons (Fsp3) is 0.211. The first-order chi connectivity index (χ1) is 14.0. The van der Waals surface area contributed by atoms with Gasteiger partial charge in [-0.05, 0) is 23.9 Å². The number of H-pyrrole nitrogens is 1. The molecule has 0 fully saturated rings. The van der Waals surface area contributed by atoms with Crippen LogP contribution in [0, 0.1) is 6.92 Å². The third-order valence-electron chi connectivity index (χ3n) is 4.55. The highest BCUT2D eigenvalue weighted by molar-refractivity contribution is 6.35. The van der Waals surface area contributed by atoms with Crippen LogP contribution < -0.4 is 16.6 Å². The van der Waals surface area contributed by atoms with E-state index in [4.69, 9.17) is 21.8 Å². The van der Waals surface area contributed by atoms with Crippen LogP contribution in [0.5, 0.6) is 0 Å². The zero-order valence-electron chi connectivity index (χ0n) is 15.7. The van der Waals surface area contributed by atoms with E-state index in [9.17, 15) is 4.79 Å². The number of pyridine rings is 1. The Morgan fingerprint density at radius 3 is 2.86 bits per heavy atom. The minimum Gasteiger partial charge on any atom is -0.421 e. The van der Waals surface area contributed by atoms with Gasteiger partial charge < -0.3 is 20.5 Å². The van der Waals surface area contributed by atoms with E-state index in [0.717, 1.165) is 5.39 Å². The molecule has 0 radical (unpaired) electrons. The number of halogens is 1. The lowest BCUT2D eigenvalue weighted by Crippen LogP contribution is -2.18. The average Bonchev–Trinajstić information content (AvgIpc) is 3.11. The Bertz CT molecular complexity index is 1250. The number of hydrogen-bond donors (Lipinski definition) is 3. The number of fused-ring (bicyclic) bond motifs is 1. The standard InChI is InChI=1S/C19H18ClN7O2/c1-3-12(13-7-10-5-4-6-11(20)14(10)18(28)25-13)24-17-15(16(21)22-8-23-17)19-27-26-9(2)29-19/h4-8,12H,3H2,1-2H3,(H,25,28)(H3,21,22,23,24). The molecule has 9 nitrogen and oxygen atoms in total. The summed E-state index contributed by atoms with van der Waals surface area (Å²) in [6.45, 7) is 3.67. The van der Waals surface area contributed by atoms with Gasteiger partial charge in [0.2, 0.25) is 5.89 Å². The lowest BCUT2D eigenvalue weighted by atomic mass is 10.1. The fourth-order valence-corrected chi connectivity index (χ4v) is 3.44. The number of benzene rings is 1. The number of nitrogen functional groups attached to an aromatic ring is 1. The molecule has 1 aromatic carbocycles. The SMILES string of the molecule is CCC(Nc1ncnc(N)c1-c1nnc(C)o1)c1cc2cccc(Cl)c2c(=O)[nH]1. The summed E-state index contributed by atoms with van der Waals surface area (Å²) in [6, 6.07) is 6.98. The van der Waals surface area contributed by atoms with Gasteiger partial charge in [0.05, 0.1) is 16.5 Å². The number of rotatable bonds is 5. The van der Waals surface area contributed by atoms with Crippen LogP contribution in [0.2, 0.25) is 5.02 Å². The molecule has 1 atom stereocenters. The maximum atomic E-state index is 12.6. The molecule has 3 aromatic heterocycles. The molecular formula is C19H18ClN7O2. The molecule has 0 saturated heterocycles. The fourth-order valence-electron chi connectivity index (χ4n) is 3.17. The van der Waals surface area contributed by atoms with Crippen LogP contribution in [0.4, 0.5) is 11.6 Å². The molecular weight excluding hydrogens is 394 g/mol. The Hall–Kier alpha value is -3.46. The van der Waals surface area contributed by atoms with Crippen LogP contribution >= 0.6 is 11.6 Å². The van der Waals surface area contributed by atoms with Crippen LogP contribution in [0.1, 0.15) is 31.0 Å². The first-order valence-electron chi connectivity index (χ1n) is 8.96. The number of aryl methyl sites for hydroxylation is 1. The van der Waals surface area contributed by atoms with Gasteiger partial charge >= 0.3 is 0 Å². The van der Waals surface area contributed by atoms with E-state index in [1.807, 2.05) is 25.1 Å². The number of nitrogens with two attached hydrogens (primary N) is 1. The molecule has 3 heterocycles. The van der Waals surface area contributed by atoms with E-state index in [1.54, 1.807) is 13.0 Å². The van der Waals surface area contributed by atoms with E-state index >= 15 is 0 Å². The predicted octanol–water partition coefficient (Wildman–Crippen LogP) is 3.48. The van der Waals surface area contributed by atoms with Gasteiger partial charge in [-0.15, -0.1) is 10.2 Å². The summed E-state index contributed by atoms with van der Waals surface area (Å²) in [7, 11) is 0. The van der Waals surface area contributed by atoms with Crippen molar-refractivity contribution < 1.29 is 4.42 Å². The minimum atomic E-state index is -0.261.